The van der Waals surface area contributed by atoms with E-state index in [0.29, 0.717) is 11.8 Å². The molecule has 0 unspecified atom stereocenters. The number of nitrogens with zero attached hydrogens (tertiary/aromatic N) is 5. The summed E-state index contributed by atoms with van der Waals surface area (Å²) in [6.45, 7) is 4.26. The van der Waals surface area contributed by atoms with Crippen molar-refractivity contribution in [1.82, 2.24) is 40.3 Å². The fourth-order valence-electron chi connectivity index (χ4n) is 4.58. The molecule has 3 aromatic rings. The van der Waals surface area contributed by atoms with Gasteiger partial charge in [0.15, 0.2) is 0 Å². The number of hydrogen-bond acceptors (Lipinski definition) is 5. The maximum absolute atomic E-state index is 11.5. The number of aromatic amines is 1. The van der Waals surface area contributed by atoms with Gasteiger partial charge in [0.2, 0.25) is 0 Å². The second-order valence-corrected chi connectivity index (χ2v) is 7.89. The molecule has 28 heavy (non-hydrogen) atoms. The zero-order chi connectivity index (χ0) is 18.9. The zero-order valence-electron chi connectivity index (χ0n) is 15.9. The van der Waals surface area contributed by atoms with Crippen LogP contribution in [-0.2, 0) is 0 Å². The Morgan fingerprint density at radius 3 is 2.96 bits per heavy atom. The van der Waals surface area contributed by atoms with Gasteiger partial charge in [0.25, 0.3) is 0 Å². The van der Waals surface area contributed by atoms with E-state index in [1.807, 2.05) is 11.1 Å². The van der Waals surface area contributed by atoms with Gasteiger partial charge >= 0.3 is 6.03 Å². The van der Waals surface area contributed by atoms with Crippen molar-refractivity contribution >= 4 is 22.6 Å². The Morgan fingerprint density at radius 2 is 2.14 bits per heavy atom. The number of hydrogen-bond donors (Lipinski definition) is 3. The Bertz CT molecular complexity index is 971. The molecule has 148 valence electrons. The summed E-state index contributed by atoms with van der Waals surface area (Å²) in [5, 5.41) is 16.3. The molecule has 4 heterocycles. The first-order valence-corrected chi connectivity index (χ1v) is 10.2. The van der Waals surface area contributed by atoms with Gasteiger partial charge < -0.3 is 20.5 Å². The Kier molecular flexibility index (Phi) is 4.59. The number of carbonyl (C=O) groups is 1. The minimum absolute atomic E-state index is 0.0648. The van der Waals surface area contributed by atoms with Gasteiger partial charge in [-0.1, -0.05) is 5.21 Å². The van der Waals surface area contributed by atoms with E-state index >= 15 is 0 Å². The third-order valence-electron chi connectivity index (χ3n) is 6.17. The van der Waals surface area contributed by atoms with Crippen molar-refractivity contribution < 1.29 is 4.79 Å². The van der Waals surface area contributed by atoms with Crippen LogP contribution < -0.4 is 10.6 Å². The van der Waals surface area contributed by atoms with Gasteiger partial charge in [0.05, 0.1) is 5.69 Å². The molecule has 3 N–H and O–H groups in total. The van der Waals surface area contributed by atoms with Crippen molar-refractivity contribution in [3.8, 4) is 0 Å². The number of H-pyrrole nitrogens is 1. The number of aromatic nitrogens is 5. The van der Waals surface area contributed by atoms with Crippen molar-refractivity contribution in [2.75, 3.05) is 32.7 Å². The topological polar surface area (TPSA) is 103 Å². The summed E-state index contributed by atoms with van der Waals surface area (Å²) < 4.78 is 1.80. The second-order valence-electron chi connectivity index (χ2n) is 7.89. The van der Waals surface area contributed by atoms with Crippen LogP contribution in [0.2, 0.25) is 0 Å². The Labute approximate surface area is 162 Å². The third-order valence-corrected chi connectivity index (χ3v) is 6.17. The number of amides is 2. The van der Waals surface area contributed by atoms with Crippen LogP contribution in [0.15, 0.2) is 18.6 Å². The third kappa shape index (κ3) is 3.19. The summed E-state index contributed by atoms with van der Waals surface area (Å²) in [7, 11) is 0. The van der Waals surface area contributed by atoms with E-state index in [9.17, 15) is 4.79 Å². The van der Waals surface area contributed by atoms with Gasteiger partial charge in [0.1, 0.15) is 17.5 Å². The Morgan fingerprint density at radius 1 is 1.25 bits per heavy atom. The van der Waals surface area contributed by atoms with Crippen LogP contribution in [0.3, 0.4) is 0 Å². The van der Waals surface area contributed by atoms with E-state index < -0.39 is 0 Å². The van der Waals surface area contributed by atoms with Crippen LogP contribution >= 0.6 is 0 Å². The normalized spacial score (nSPS) is 23.0. The first kappa shape index (κ1) is 17.4. The Balaban J connectivity index is 1.16. The van der Waals surface area contributed by atoms with Crippen molar-refractivity contribution in [1.29, 1.82) is 0 Å². The molecule has 9 heteroatoms. The SMILES string of the molecule is O=C1NCCN1CCNCC1CCC(c2nnn3cnc4[nH]ccc4c23)CC1. The molecular formula is C19H26N8O. The zero-order valence-corrected chi connectivity index (χ0v) is 15.9. The van der Waals surface area contributed by atoms with Crippen molar-refractivity contribution in [2.45, 2.75) is 31.6 Å². The molecule has 1 saturated heterocycles. The number of fused-ring (bicyclic) bond motifs is 3. The maximum Gasteiger partial charge on any atom is 0.317 e. The number of carbonyl (C=O) groups excluding carboxylic acids is 1. The first-order valence-electron chi connectivity index (χ1n) is 10.2. The summed E-state index contributed by atoms with van der Waals surface area (Å²) >= 11 is 0. The second kappa shape index (κ2) is 7.38. The first-order chi connectivity index (χ1) is 13.8. The van der Waals surface area contributed by atoms with Crippen LogP contribution in [-0.4, -0.2) is 68.5 Å². The van der Waals surface area contributed by atoms with E-state index in [2.05, 4.69) is 37.0 Å². The van der Waals surface area contributed by atoms with Crippen molar-refractivity contribution in [3.63, 3.8) is 0 Å². The van der Waals surface area contributed by atoms with Gasteiger partial charge in [-0.25, -0.2) is 14.3 Å². The predicted molar refractivity (Wildman–Crippen MR) is 105 cm³/mol. The smallest absolute Gasteiger partial charge is 0.317 e. The molecule has 5 rings (SSSR count). The minimum Gasteiger partial charge on any atom is -0.346 e. The predicted octanol–water partition coefficient (Wildman–Crippen LogP) is 1.49. The Hall–Kier alpha value is -2.68. The van der Waals surface area contributed by atoms with E-state index in [-0.39, 0.29) is 6.03 Å². The standard InChI is InChI=1S/C19H26N8O/c28-19-22-8-10-26(19)9-7-20-11-13-1-3-14(4-2-13)16-17-15-5-6-21-18(15)23-12-27(17)25-24-16/h5-6,12-14,20-21H,1-4,7-11H2,(H,22,28). The molecule has 1 aliphatic carbocycles. The van der Waals surface area contributed by atoms with Crippen molar-refractivity contribution in [3.05, 3.63) is 24.3 Å². The lowest BCUT2D eigenvalue weighted by atomic mass is 9.80. The molecule has 2 fully saturated rings. The maximum atomic E-state index is 11.5. The highest BCUT2D eigenvalue weighted by atomic mass is 16.2. The lowest BCUT2D eigenvalue weighted by Gasteiger charge is -2.28. The van der Waals surface area contributed by atoms with Crippen LogP contribution in [0.4, 0.5) is 4.79 Å². The van der Waals surface area contributed by atoms with Gasteiger partial charge in [-0.15, -0.1) is 5.10 Å². The molecule has 3 aromatic heterocycles. The summed E-state index contributed by atoms with van der Waals surface area (Å²) in [6.07, 6.45) is 8.33. The van der Waals surface area contributed by atoms with Gasteiger partial charge in [-0.05, 0) is 44.2 Å². The summed E-state index contributed by atoms with van der Waals surface area (Å²) in [4.78, 5) is 21.0. The lowest BCUT2D eigenvalue weighted by molar-refractivity contribution is 0.216. The van der Waals surface area contributed by atoms with Crippen LogP contribution in [0.5, 0.6) is 0 Å². The minimum atomic E-state index is 0.0648. The lowest BCUT2D eigenvalue weighted by Crippen LogP contribution is -2.36. The highest BCUT2D eigenvalue weighted by molar-refractivity contribution is 5.92. The molecular weight excluding hydrogens is 356 g/mol. The van der Waals surface area contributed by atoms with Gasteiger partial charge in [0, 0.05) is 43.7 Å². The van der Waals surface area contributed by atoms with Gasteiger partial charge in [-0.3, -0.25) is 0 Å². The molecule has 0 bridgehead atoms. The molecule has 0 atom stereocenters. The fraction of sp³-hybridized carbons (Fsp3) is 0.579. The molecule has 2 aliphatic rings. The van der Waals surface area contributed by atoms with Crippen LogP contribution in [0.1, 0.15) is 37.3 Å². The number of rotatable bonds is 6. The monoisotopic (exact) mass is 382 g/mol. The summed E-state index contributed by atoms with van der Waals surface area (Å²) in [5.41, 5.74) is 3.09. The number of nitrogens with one attached hydrogen (secondary N) is 3. The number of urea groups is 1. The molecule has 1 aliphatic heterocycles. The quantitative estimate of drug-likeness (QED) is 0.561. The molecule has 0 spiro atoms. The van der Waals surface area contributed by atoms with Crippen LogP contribution in [0, 0.1) is 5.92 Å². The van der Waals surface area contributed by atoms with Crippen molar-refractivity contribution in [2.24, 2.45) is 5.92 Å². The summed E-state index contributed by atoms with van der Waals surface area (Å²) in [6, 6.07) is 2.12. The molecule has 2 amide bonds. The van der Waals surface area contributed by atoms with E-state index in [1.54, 1.807) is 10.8 Å². The molecule has 0 radical (unpaired) electrons. The molecule has 9 nitrogen and oxygen atoms in total. The van der Waals surface area contributed by atoms with E-state index in [4.69, 9.17) is 0 Å². The van der Waals surface area contributed by atoms with E-state index in [0.717, 1.165) is 67.8 Å². The summed E-state index contributed by atoms with van der Waals surface area (Å²) in [5.74, 6) is 1.15. The highest BCUT2D eigenvalue weighted by Crippen LogP contribution is 2.37. The molecule has 0 aromatic carbocycles. The fourth-order valence-corrected chi connectivity index (χ4v) is 4.58. The highest BCUT2D eigenvalue weighted by Gasteiger charge is 2.27. The molecule has 1 saturated carbocycles. The van der Waals surface area contributed by atoms with E-state index in [1.165, 1.54) is 12.8 Å². The largest absolute Gasteiger partial charge is 0.346 e. The van der Waals surface area contributed by atoms with Crippen LogP contribution in [0.25, 0.3) is 16.6 Å². The van der Waals surface area contributed by atoms with Gasteiger partial charge in [-0.2, -0.15) is 0 Å². The average Bonchev–Trinajstić information content (AvgIpc) is 3.44. The average molecular weight is 382 g/mol.